The van der Waals surface area contributed by atoms with Crippen LogP contribution in [0.15, 0.2) is 75.8 Å². The summed E-state index contributed by atoms with van der Waals surface area (Å²) in [5.74, 6) is 0.844. The molecule has 0 unspecified atom stereocenters. The highest BCUT2D eigenvalue weighted by atomic mass is 32.1. The van der Waals surface area contributed by atoms with Crippen molar-refractivity contribution in [2.75, 3.05) is 0 Å². The Morgan fingerprint density at radius 2 is 1.08 bits per heavy atom. The lowest BCUT2D eigenvalue weighted by molar-refractivity contribution is 0.605. The number of furan rings is 1. The highest BCUT2D eigenvalue weighted by molar-refractivity contribution is 7.14. The van der Waals surface area contributed by atoms with Gasteiger partial charge in [-0.25, -0.2) is 0 Å². The van der Waals surface area contributed by atoms with Gasteiger partial charge in [-0.2, -0.15) is 0 Å². The number of H-pyrrole nitrogens is 1. The maximum atomic E-state index is 6.03. The van der Waals surface area contributed by atoms with Crippen molar-refractivity contribution in [2.24, 2.45) is 0 Å². The summed E-state index contributed by atoms with van der Waals surface area (Å²) in [4.78, 5) is 10.9. The summed E-state index contributed by atoms with van der Waals surface area (Å²) in [6, 6.07) is 21.1. The molecule has 6 heterocycles. The number of thiophene rings is 4. The maximum absolute atomic E-state index is 6.03. The van der Waals surface area contributed by atoms with Crippen LogP contribution in [0.2, 0.25) is 0 Å². The van der Waals surface area contributed by atoms with Gasteiger partial charge in [-0.05, 0) is 95.8 Å². The van der Waals surface area contributed by atoms with Crippen molar-refractivity contribution in [3.8, 4) is 0 Å². The second-order valence-corrected chi connectivity index (χ2v) is 12.2. The van der Waals surface area contributed by atoms with E-state index in [0.717, 1.165) is 22.6 Å². The number of hydrogen-bond acceptors (Lipinski definition) is 5. The quantitative estimate of drug-likeness (QED) is 0.205. The molecular formula is C30H21NOS4. The summed E-state index contributed by atoms with van der Waals surface area (Å²) in [6.07, 6.45) is 17.0. The van der Waals surface area contributed by atoms with Gasteiger partial charge < -0.3 is 9.40 Å². The van der Waals surface area contributed by atoms with Crippen molar-refractivity contribution in [2.45, 2.75) is 0 Å². The summed E-state index contributed by atoms with van der Waals surface area (Å²) < 4.78 is 6.03. The molecule has 0 aliphatic carbocycles. The highest BCUT2D eigenvalue weighted by Gasteiger charge is 2.05. The van der Waals surface area contributed by atoms with Crippen LogP contribution in [0.25, 0.3) is 59.7 Å². The number of aromatic nitrogens is 1. The molecule has 36 heavy (non-hydrogen) atoms. The minimum absolute atomic E-state index is 0.844. The Morgan fingerprint density at radius 1 is 0.556 bits per heavy atom. The fraction of sp³-hybridized carbons (Fsp3) is 0. The number of rotatable bonds is 8. The molecule has 0 bridgehead atoms. The van der Waals surface area contributed by atoms with Gasteiger partial charge in [0.05, 0.1) is 5.52 Å². The smallest absolute Gasteiger partial charge is 0.153 e. The van der Waals surface area contributed by atoms with E-state index < -0.39 is 0 Å². The van der Waals surface area contributed by atoms with E-state index in [1.807, 2.05) is 18.2 Å². The molecule has 0 radical (unpaired) electrons. The Morgan fingerprint density at radius 3 is 1.61 bits per heavy atom. The summed E-state index contributed by atoms with van der Waals surface area (Å²) in [5.41, 5.74) is 2.90. The van der Waals surface area contributed by atoms with Crippen LogP contribution >= 0.6 is 45.3 Å². The highest BCUT2D eigenvalue weighted by Crippen LogP contribution is 2.26. The predicted molar refractivity (Wildman–Crippen MR) is 164 cm³/mol. The van der Waals surface area contributed by atoms with Crippen molar-refractivity contribution >= 4 is 105 Å². The Labute approximate surface area is 225 Å². The van der Waals surface area contributed by atoms with E-state index in [9.17, 15) is 0 Å². The van der Waals surface area contributed by atoms with Crippen LogP contribution in [0.1, 0.15) is 40.7 Å². The zero-order valence-corrected chi connectivity index (χ0v) is 22.4. The van der Waals surface area contributed by atoms with Crippen LogP contribution in [0.5, 0.6) is 0 Å². The lowest BCUT2D eigenvalue weighted by Crippen LogP contribution is -1.69. The minimum atomic E-state index is 0.844. The zero-order valence-electron chi connectivity index (χ0n) is 19.1. The second-order valence-electron chi connectivity index (χ2n) is 8.00. The number of aromatic amines is 1. The SMILES string of the molecule is C(=C\c1ccc(/C=C/c2cccs2)s1)/c1cc2oc(/C=C/c3ccc(/C=C/c4cccs4)s3)cc2[nH]1. The summed E-state index contributed by atoms with van der Waals surface area (Å²) in [5, 5.41) is 4.19. The molecule has 0 saturated carbocycles. The van der Waals surface area contributed by atoms with Gasteiger partial charge in [0.25, 0.3) is 0 Å². The molecule has 6 aromatic rings. The first-order chi connectivity index (χ1) is 17.8. The van der Waals surface area contributed by atoms with Gasteiger partial charge in [-0.3, -0.25) is 0 Å². The average molecular weight is 540 g/mol. The first kappa shape index (κ1) is 23.0. The van der Waals surface area contributed by atoms with E-state index in [1.54, 1.807) is 45.3 Å². The first-order valence-electron chi connectivity index (χ1n) is 11.4. The molecule has 6 rings (SSSR count). The van der Waals surface area contributed by atoms with E-state index in [2.05, 4.69) is 107 Å². The second kappa shape index (κ2) is 10.7. The monoisotopic (exact) mass is 539 g/mol. The van der Waals surface area contributed by atoms with Crippen LogP contribution in [-0.2, 0) is 0 Å². The van der Waals surface area contributed by atoms with Gasteiger partial charge >= 0.3 is 0 Å². The maximum Gasteiger partial charge on any atom is 0.153 e. The molecule has 0 amide bonds. The van der Waals surface area contributed by atoms with Gasteiger partial charge in [0.1, 0.15) is 5.76 Å². The Kier molecular flexibility index (Phi) is 6.83. The third kappa shape index (κ3) is 5.69. The number of fused-ring (bicyclic) bond motifs is 1. The van der Waals surface area contributed by atoms with E-state index >= 15 is 0 Å². The molecule has 0 spiro atoms. The van der Waals surface area contributed by atoms with Crippen molar-refractivity contribution in [3.63, 3.8) is 0 Å². The summed E-state index contributed by atoms with van der Waals surface area (Å²) in [7, 11) is 0. The molecule has 2 nitrogen and oxygen atoms in total. The average Bonchev–Trinajstić information content (AvgIpc) is 3.71. The fourth-order valence-corrected chi connectivity index (χ4v) is 6.54. The third-order valence-corrected chi connectivity index (χ3v) is 9.10. The van der Waals surface area contributed by atoms with Gasteiger partial charge in [-0.1, -0.05) is 12.1 Å². The molecule has 0 aliphatic heterocycles. The molecule has 176 valence electrons. The van der Waals surface area contributed by atoms with Crippen LogP contribution < -0.4 is 0 Å². The van der Waals surface area contributed by atoms with Gasteiger partial charge in [0.2, 0.25) is 0 Å². The van der Waals surface area contributed by atoms with Crippen LogP contribution in [-0.4, -0.2) is 4.98 Å². The van der Waals surface area contributed by atoms with E-state index in [4.69, 9.17) is 4.42 Å². The Bertz CT molecular complexity index is 1520. The molecule has 0 fully saturated rings. The normalized spacial score (nSPS) is 12.6. The van der Waals surface area contributed by atoms with Crippen LogP contribution in [0.3, 0.4) is 0 Å². The van der Waals surface area contributed by atoms with E-state index in [1.165, 1.54) is 29.3 Å². The number of nitrogens with one attached hydrogen (secondary N) is 1. The largest absolute Gasteiger partial charge is 0.455 e. The molecule has 0 atom stereocenters. The van der Waals surface area contributed by atoms with Crippen molar-refractivity contribution in [3.05, 3.63) is 112 Å². The van der Waals surface area contributed by atoms with Crippen molar-refractivity contribution in [1.82, 2.24) is 4.98 Å². The van der Waals surface area contributed by atoms with Crippen LogP contribution in [0, 0.1) is 0 Å². The van der Waals surface area contributed by atoms with E-state index in [-0.39, 0.29) is 0 Å². The zero-order chi connectivity index (χ0) is 24.2. The standard InChI is InChI=1S/C30H21NOS4/c1-3-23(33-17-1)9-11-27-15-13-25(35-27)7-5-21-19-30-29(31-21)20-22(32-30)6-8-26-14-16-28(36-26)12-10-24-4-2-18-34-24/h1-20,31H/b7-5+,8-6+,11-9+,12-10+. The molecule has 0 aromatic carbocycles. The van der Waals surface area contributed by atoms with E-state index in [0.29, 0.717) is 0 Å². The van der Waals surface area contributed by atoms with Gasteiger partial charge in [0, 0.05) is 47.1 Å². The Balaban J connectivity index is 1.08. The molecule has 0 aliphatic rings. The summed E-state index contributed by atoms with van der Waals surface area (Å²) in [6.45, 7) is 0. The van der Waals surface area contributed by atoms with Crippen molar-refractivity contribution in [1.29, 1.82) is 0 Å². The fourth-order valence-electron chi connectivity index (χ4n) is 3.67. The third-order valence-electron chi connectivity index (χ3n) is 5.39. The predicted octanol–water partition coefficient (Wildman–Crippen LogP) is 10.7. The molecule has 6 heteroatoms. The topological polar surface area (TPSA) is 28.9 Å². The molecule has 1 N–H and O–H groups in total. The lowest BCUT2D eigenvalue weighted by atomic mass is 10.3. The molecular weight excluding hydrogens is 519 g/mol. The Hall–Kier alpha value is -3.42. The van der Waals surface area contributed by atoms with Crippen LogP contribution in [0.4, 0.5) is 0 Å². The van der Waals surface area contributed by atoms with Crippen molar-refractivity contribution < 1.29 is 4.42 Å². The summed E-state index contributed by atoms with van der Waals surface area (Å²) >= 11 is 7.04. The number of hydrogen-bond donors (Lipinski definition) is 1. The molecule has 0 saturated heterocycles. The minimum Gasteiger partial charge on any atom is -0.455 e. The first-order valence-corrected chi connectivity index (χ1v) is 14.8. The van der Waals surface area contributed by atoms with Gasteiger partial charge in [-0.15, -0.1) is 45.3 Å². The molecule has 6 aromatic heterocycles. The lowest BCUT2D eigenvalue weighted by Gasteiger charge is -1.88. The van der Waals surface area contributed by atoms with Gasteiger partial charge in [0.15, 0.2) is 5.58 Å².